The summed E-state index contributed by atoms with van der Waals surface area (Å²) in [5, 5.41) is 4.02. The molecule has 0 amide bonds. The van der Waals surface area contributed by atoms with Crippen LogP contribution in [0.25, 0.3) is 0 Å². The van der Waals surface area contributed by atoms with Crippen molar-refractivity contribution >= 4 is 35.6 Å². The van der Waals surface area contributed by atoms with E-state index in [4.69, 9.17) is 4.74 Å². The predicted molar refractivity (Wildman–Crippen MR) is 133 cm³/mol. The number of methoxy groups -OCH3 is 1. The van der Waals surface area contributed by atoms with Crippen molar-refractivity contribution in [3.05, 3.63) is 120 Å². The van der Waals surface area contributed by atoms with Crippen LogP contribution in [0, 0.1) is 0 Å². The Morgan fingerprint density at radius 1 is 0.633 bits per heavy atom. The predicted octanol–water partition coefficient (Wildman–Crippen LogP) is 5.89. The second-order valence-corrected chi connectivity index (χ2v) is 10.1. The molecule has 4 rings (SSSR count). The Morgan fingerprint density at radius 2 is 1.23 bits per heavy atom. The van der Waals surface area contributed by atoms with E-state index in [0.29, 0.717) is 0 Å². The summed E-state index contributed by atoms with van der Waals surface area (Å²) in [4.78, 5) is 0. The van der Waals surface area contributed by atoms with Crippen LogP contribution >= 0.6 is 19.7 Å². The Balaban J connectivity index is 1.69. The maximum Gasteiger partial charge on any atom is 0.127 e. The lowest BCUT2D eigenvalue weighted by Gasteiger charge is -2.24. The first kappa shape index (κ1) is 20.7. The molecule has 0 aromatic heterocycles. The van der Waals surface area contributed by atoms with Crippen molar-refractivity contribution in [3.63, 3.8) is 0 Å². The number of rotatable bonds is 8. The minimum absolute atomic E-state index is 0.703. The SMILES string of the molecule is COc1ccccc1P(c1ccccc1)c1ccccc1CSCc1ccccc1. The molecule has 1 atom stereocenters. The molecule has 0 fully saturated rings. The average Bonchev–Trinajstić information content (AvgIpc) is 2.82. The highest BCUT2D eigenvalue weighted by Crippen LogP contribution is 2.38. The molecular weight excluding hydrogens is 403 g/mol. The van der Waals surface area contributed by atoms with Crippen molar-refractivity contribution in [2.24, 2.45) is 0 Å². The van der Waals surface area contributed by atoms with Crippen LogP contribution in [0.15, 0.2) is 109 Å². The Bertz CT molecular complexity index is 1070. The Morgan fingerprint density at radius 3 is 1.97 bits per heavy atom. The lowest BCUT2D eigenvalue weighted by atomic mass is 10.2. The highest BCUT2D eigenvalue weighted by Gasteiger charge is 2.22. The van der Waals surface area contributed by atoms with Crippen LogP contribution in [0.4, 0.5) is 0 Å². The standard InChI is InChI=1S/C27H25OPS/c1-28-25-17-9-11-19-27(25)29(24-15-6-3-7-16-24)26-18-10-8-14-23(26)21-30-20-22-12-4-2-5-13-22/h2-19H,20-21H2,1H3. The van der Waals surface area contributed by atoms with Gasteiger partial charge in [0.2, 0.25) is 0 Å². The molecule has 3 heteroatoms. The molecule has 30 heavy (non-hydrogen) atoms. The molecule has 4 aromatic carbocycles. The molecule has 0 N–H and O–H groups in total. The van der Waals surface area contributed by atoms with Crippen LogP contribution in [0.5, 0.6) is 5.75 Å². The smallest absolute Gasteiger partial charge is 0.127 e. The van der Waals surface area contributed by atoms with E-state index in [9.17, 15) is 0 Å². The van der Waals surface area contributed by atoms with Gasteiger partial charge in [0.15, 0.2) is 0 Å². The lowest BCUT2D eigenvalue weighted by molar-refractivity contribution is 0.418. The Labute approximate surface area is 184 Å². The molecular formula is C27H25OPS. The number of hydrogen-bond donors (Lipinski definition) is 0. The molecule has 0 saturated carbocycles. The molecule has 0 spiro atoms. The van der Waals surface area contributed by atoms with Crippen molar-refractivity contribution in [3.8, 4) is 5.75 Å². The zero-order valence-corrected chi connectivity index (χ0v) is 18.8. The molecule has 150 valence electrons. The summed E-state index contributed by atoms with van der Waals surface area (Å²) in [7, 11) is 1.06. The van der Waals surface area contributed by atoms with Crippen molar-refractivity contribution in [2.45, 2.75) is 11.5 Å². The molecule has 0 aliphatic rings. The van der Waals surface area contributed by atoms with Crippen LogP contribution in [-0.4, -0.2) is 7.11 Å². The van der Waals surface area contributed by atoms with Crippen LogP contribution in [0.1, 0.15) is 11.1 Å². The van der Waals surface area contributed by atoms with Gasteiger partial charge in [0, 0.05) is 16.8 Å². The largest absolute Gasteiger partial charge is 0.496 e. The van der Waals surface area contributed by atoms with Gasteiger partial charge in [-0.1, -0.05) is 103 Å². The topological polar surface area (TPSA) is 9.23 Å². The highest BCUT2D eigenvalue weighted by molar-refractivity contribution is 7.97. The summed E-state index contributed by atoms with van der Waals surface area (Å²) in [6.07, 6.45) is 0. The molecule has 0 saturated heterocycles. The van der Waals surface area contributed by atoms with E-state index in [1.165, 1.54) is 27.0 Å². The minimum Gasteiger partial charge on any atom is -0.496 e. The van der Waals surface area contributed by atoms with Crippen LogP contribution in [0.2, 0.25) is 0 Å². The van der Waals surface area contributed by atoms with E-state index in [-0.39, 0.29) is 0 Å². The van der Waals surface area contributed by atoms with Crippen molar-refractivity contribution < 1.29 is 4.74 Å². The van der Waals surface area contributed by atoms with Crippen molar-refractivity contribution in [2.75, 3.05) is 7.11 Å². The van der Waals surface area contributed by atoms with Gasteiger partial charge in [-0.15, -0.1) is 0 Å². The normalized spacial score (nSPS) is 11.8. The van der Waals surface area contributed by atoms with Gasteiger partial charge in [0.05, 0.1) is 7.11 Å². The first-order chi connectivity index (χ1) is 14.9. The molecule has 4 aromatic rings. The first-order valence-corrected chi connectivity index (χ1v) is 12.5. The van der Waals surface area contributed by atoms with Gasteiger partial charge in [0.25, 0.3) is 0 Å². The summed E-state index contributed by atoms with van der Waals surface area (Å²) in [6, 6.07) is 38.9. The zero-order valence-electron chi connectivity index (χ0n) is 17.1. The monoisotopic (exact) mass is 428 g/mol. The molecule has 0 aliphatic carbocycles. The second kappa shape index (κ2) is 10.5. The minimum atomic E-state index is -0.703. The van der Waals surface area contributed by atoms with E-state index in [0.717, 1.165) is 17.3 Å². The number of thioether (sulfide) groups is 1. The third-order valence-electron chi connectivity index (χ3n) is 4.94. The van der Waals surface area contributed by atoms with Crippen molar-refractivity contribution in [1.29, 1.82) is 0 Å². The molecule has 1 nitrogen and oxygen atoms in total. The van der Waals surface area contributed by atoms with Crippen LogP contribution < -0.4 is 20.7 Å². The number of benzene rings is 4. The van der Waals surface area contributed by atoms with Gasteiger partial charge in [-0.2, -0.15) is 11.8 Å². The first-order valence-electron chi connectivity index (χ1n) is 10.0. The third kappa shape index (κ3) is 4.95. The molecule has 0 aliphatic heterocycles. The summed E-state index contributed by atoms with van der Waals surface area (Å²) in [6.45, 7) is 0. The Kier molecular flexibility index (Phi) is 7.24. The Hall–Kier alpha value is -2.54. The average molecular weight is 429 g/mol. The van der Waals surface area contributed by atoms with E-state index in [1.807, 2.05) is 17.8 Å². The number of ether oxygens (including phenoxy) is 1. The second-order valence-electron chi connectivity index (χ2n) is 6.95. The van der Waals surface area contributed by atoms with Gasteiger partial charge in [0.1, 0.15) is 5.75 Å². The summed E-state index contributed by atoms with van der Waals surface area (Å²) < 4.78 is 5.76. The number of hydrogen-bond acceptors (Lipinski definition) is 2. The summed E-state index contributed by atoms with van der Waals surface area (Å²) in [5.74, 6) is 2.97. The lowest BCUT2D eigenvalue weighted by Crippen LogP contribution is -2.24. The fourth-order valence-corrected chi connectivity index (χ4v) is 7.20. The molecule has 0 radical (unpaired) electrons. The van der Waals surface area contributed by atoms with E-state index in [2.05, 4.69) is 103 Å². The summed E-state index contributed by atoms with van der Waals surface area (Å²) in [5.41, 5.74) is 2.77. The molecule has 0 bridgehead atoms. The zero-order chi connectivity index (χ0) is 20.6. The summed E-state index contributed by atoms with van der Waals surface area (Å²) >= 11 is 1.97. The van der Waals surface area contributed by atoms with Gasteiger partial charge in [-0.05, 0) is 35.7 Å². The van der Waals surface area contributed by atoms with Crippen molar-refractivity contribution in [1.82, 2.24) is 0 Å². The van der Waals surface area contributed by atoms with Gasteiger partial charge >= 0.3 is 0 Å². The maximum atomic E-state index is 5.76. The van der Waals surface area contributed by atoms with Gasteiger partial charge < -0.3 is 4.74 Å². The van der Waals surface area contributed by atoms with Gasteiger partial charge in [-0.25, -0.2) is 0 Å². The maximum absolute atomic E-state index is 5.76. The fourth-order valence-electron chi connectivity index (χ4n) is 3.50. The quantitative estimate of drug-likeness (QED) is 0.324. The molecule has 0 heterocycles. The van der Waals surface area contributed by atoms with E-state index in [1.54, 1.807) is 7.11 Å². The third-order valence-corrected chi connectivity index (χ3v) is 8.58. The van der Waals surface area contributed by atoms with E-state index >= 15 is 0 Å². The van der Waals surface area contributed by atoms with Crippen LogP contribution in [-0.2, 0) is 11.5 Å². The van der Waals surface area contributed by atoms with Crippen LogP contribution in [0.3, 0.4) is 0 Å². The van der Waals surface area contributed by atoms with Gasteiger partial charge in [-0.3, -0.25) is 0 Å². The fraction of sp³-hybridized carbons (Fsp3) is 0.111. The molecule has 1 unspecified atom stereocenters. The number of para-hydroxylation sites is 1. The highest BCUT2D eigenvalue weighted by atomic mass is 32.2. The van der Waals surface area contributed by atoms with E-state index < -0.39 is 7.92 Å².